The Labute approximate surface area is 176 Å². The molecule has 0 aromatic heterocycles. The zero-order valence-corrected chi connectivity index (χ0v) is 18.6. The van der Waals surface area contributed by atoms with Crippen molar-refractivity contribution in [1.29, 1.82) is 0 Å². The van der Waals surface area contributed by atoms with E-state index in [1.807, 2.05) is 0 Å². The number of cyclic esters (lactones) is 1. The number of aliphatic hydroxyl groups excluding tert-OH is 2. The predicted molar refractivity (Wildman–Crippen MR) is 117 cm³/mol. The van der Waals surface area contributed by atoms with E-state index in [0.717, 1.165) is 31.3 Å². The molecular formula is C25H38O4. The summed E-state index contributed by atoms with van der Waals surface area (Å²) < 4.78 is 4.68. The van der Waals surface area contributed by atoms with E-state index in [1.165, 1.54) is 36.5 Å². The number of hydrogen-bond donors (Lipinski definition) is 2. The second-order valence-corrected chi connectivity index (χ2v) is 9.31. The first-order chi connectivity index (χ1) is 13.6. The summed E-state index contributed by atoms with van der Waals surface area (Å²) in [6, 6.07) is 0. The minimum Gasteiger partial charge on any atom is -0.429 e. The minimum absolute atomic E-state index is 0.269. The Hall–Kier alpha value is -1.65. The fraction of sp³-hybridized carbons (Fsp3) is 0.640. The van der Waals surface area contributed by atoms with Crippen LogP contribution in [-0.2, 0) is 9.53 Å². The molecule has 2 atom stereocenters. The summed E-state index contributed by atoms with van der Waals surface area (Å²) in [7, 11) is 0. The first-order valence-electron chi connectivity index (χ1n) is 10.9. The van der Waals surface area contributed by atoms with Crippen LogP contribution in [0, 0.1) is 5.41 Å². The molecule has 0 aromatic carbocycles. The molecule has 0 fully saturated rings. The summed E-state index contributed by atoms with van der Waals surface area (Å²) in [5.41, 5.74) is 6.10. The Morgan fingerprint density at radius 1 is 1.38 bits per heavy atom. The molecule has 0 unspecified atom stereocenters. The lowest BCUT2D eigenvalue weighted by molar-refractivity contribution is -0.151. The van der Waals surface area contributed by atoms with Gasteiger partial charge >= 0.3 is 5.97 Å². The van der Waals surface area contributed by atoms with E-state index in [4.69, 9.17) is 0 Å². The van der Waals surface area contributed by atoms with Crippen LogP contribution in [0.25, 0.3) is 0 Å². The van der Waals surface area contributed by atoms with Crippen molar-refractivity contribution in [1.82, 2.24) is 0 Å². The number of aliphatic hydroxyl groups is 2. The molecule has 4 nitrogen and oxygen atoms in total. The number of carbonyl (C=O) groups excluding carboxylic acids is 1. The first kappa shape index (κ1) is 23.6. The van der Waals surface area contributed by atoms with Gasteiger partial charge in [0.25, 0.3) is 0 Å². The SMILES string of the molecule is C=C(CCC1=C(C)CCCC1(C)C)[C@H](O)CC/C(C)=C/CCC1=CC(=O)O[C@H]1O. The van der Waals surface area contributed by atoms with Crippen LogP contribution in [0.15, 0.2) is 46.6 Å². The fourth-order valence-electron chi connectivity index (χ4n) is 4.47. The van der Waals surface area contributed by atoms with E-state index in [2.05, 4.69) is 45.1 Å². The second kappa shape index (κ2) is 10.4. The zero-order valence-electron chi connectivity index (χ0n) is 18.6. The highest BCUT2D eigenvalue weighted by molar-refractivity contribution is 5.85. The maximum absolute atomic E-state index is 11.1. The third-order valence-electron chi connectivity index (χ3n) is 6.44. The molecule has 1 aliphatic heterocycles. The molecule has 1 heterocycles. The molecule has 0 aromatic rings. The largest absolute Gasteiger partial charge is 0.429 e. The molecule has 162 valence electrons. The average molecular weight is 403 g/mol. The van der Waals surface area contributed by atoms with Crippen molar-refractivity contribution in [3.8, 4) is 0 Å². The Morgan fingerprint density at radius 3 is 2.72 bits per heavy atom. The zero-order chi connectivity index (χ0) is 21.6. The van der Waals surface area contributed by atoms with Gasteiger partial charge in [-0.05, 0) is 82.6 Å². The van der Waals surface area contributed by atoms with Crippen LogP contribution in [0.5, 0.6) is 0 Å². The molecule has 29 heavy (non-hydrogen) atoms. The Morgan fingerprint density at radius 2 is 2.10 bits per heavy atom. The number of carbonyl (C=O) groups is 1. The highest BCUT2D eigenvalue weighted by Crippen LogP contribution is 2.42. The maximum Gasteiger partial charge on any atom is 0.333 e. The number of ether oxygens (including phenoxy) is 1. The first-order valence-corrected chi connectivity index (χ1v) is 10.9. The van der Waals surface area contributed by atoms with E-state index in [-0.39, 0.29) is 5.41 Å². The lowest BCUT2D eigenvalue weighted by atomic mass is 9.71. The molecular weight excluding hydrogens is 364 g/mol. The fourth-order valence-corrected chi connectivity index (χ4v) is 4.47. The lowest BCUT2D eigenvalue weighted by Crippen LogP contribution is -2.21. The molecule has 0 bridgehead atoms. The van der Waals surface area contributed by atoms with Crippen molar-refractivity contribution >= 4 is 5.97 Å². The van der Waals surface area contributed by atoms with Crippen LogP contribution in [0.4, 0.5) is 0 Å². The van der Waals surface area contributed by atoms with Crippen LogP contribution >= 0.6 is 0 Å². The van der Waals surface area contributed by atoms with Gasteiger partial charge in [0.1, 0.15) is 0 Å². The third-order valence-corrected chi connectivity index (χ3v) is 6.44. The molecule has 0 radical (unpaired) electrons. The normalized spacial score (nSPS) is 23.1. The summed E-state index contributed by atoms with van der Waals surface area (Å²) >= 11 is 0. The van der Waals surface area contributed by atoms with E-state index in [0.29, 0.717) is 18.4 Å². The number of hydrogen-bond acceptors (Lipinski definition) is 4. The number of allylic oxidation sites excluding steroid dienone is 4. The summed E-state index contributed by atoms with van der Waals surface area (Å²) in [6.07, 6.45) is 10.3. The van der Waals surface area contributed by atoms with Gasteiger partial charge in [-0.1, -0.05) is 43.2 Å². The van der Waals surface area contributed by atoms with Crippen LogP contribution in [0.1, 0.15) is 85.5 Å². The van der Waals surface area contributed by atoms with E-state index in [1.54, 1.807) is 5.57 Å². The van der Waals surface area contributed by atoms with Crippen LogP contribution in [-0.4, -0.2) is 28.6 Å². The van der Waals surface area contributed by atoms with Gasteiger partial charge < -0.3 is 14.9 Å². The lowest BCUT2D eigenvalue weighted by Gasteiger charge is -2.35. The van der Waals surface area contributed by atoms with E-state index < -0.39 is 18.4 Å². The van der Waals surface area contributed by atoms with Crippen molar-refractivity contribution < 1.29 is 19.7 Å². The van der Waals surface area contributed by atoms with Gasteiger partial charge in [0.05, 0.1) is 6.10 Å². The molecule has 1 aliphatic carbocycles. The second-order valence-electron chi connectivity index (χ2n) is 9.31. The van der Waals surface area contributed by atoms with E-state index in [9.17, 15) is 15.0 Å². The van der Waals surface area contributed by atoms with Crippen LogP contribution in [0.2, 0.25) is 0 Å². The molecule has 0 saturated heterocycles. The minimum atomic E-state index is -1.09. The summed E-state index contributed by atoms with van der Waals surface area (Å²) in [5, 5.41) is 20.1. The van der Waals surface area contributed by atoms with Crippen molar-refractivity contribution in [2.75, 3.05) is 0 Å². The third kappa shape index (κ3) is 6.97. The number of rotatable bonds is 10. The topological polar surface area (TPSA) is 66.8 Å². The van der Waals surface area contributed by atoms with Gasteiger partial charge in [-0.3, -0.25) is 0 Å². The molecule has 0 saturated carbocycles. The Kier molecular flexibility index (Phi) is 8.47. The van der Waals surface area contributed by atoms with Gasteiger partial charge in [-0.2, -0.15) is 0 Å². The van der Waals surface area contributed by atoms with Crippen molar-refractivity contribution in [3.05, 3.63) is 46.6 Å². The molecule has 2 rings (SSSR count). The van der Waals surface area contributed by atoms with Crippen molar-refractivity contribution in [2.24, 2.45) is 5.41 Å². The Bertz CT molecular complexity index is 708. The van der Waals surface area contributed by atoms with E-state index >= 15 is 0 Å². The summed E-state index contributed by atoms with van der Waals surface area (Å²) in [4.78, 5) is 11.1. The highest BCUT2D eigenvalue weighted by Gasteiger charge is 2.28. The molecule has 0 amide bonds. The smallest absolute Gasteiger partial charge is 0.333 e. The molecule has 0 spiro atoms. The Balaban J connectivity index is 1.73. The maximum atomic E-state index is 11.1. The number of esters is 1. The van der Waals surface area contributed by atoms with Crippen LogP contribution in [0.3, 0.4) is 0 Å². The van der Waals surface area contributed by atoms with Crippen LogP contribution < -0.4 is 0 Å². The van der Waals surface area contributed by atoms with Crippen molar-refractivity contribution in [2.45, 2.75) is 97.9 Å². The molecule has 2 N–H and O–H groups in total. The van der Waals surface area contributed by atoms with Gasteiger partial charge in [-0.15, -0.1) is 0 Å². The average Bonchev–Trinajstić information content (AvgIpc) is 2.95. The van der Waals surface area contributed by atoms with Gasteiger partial charge in [0.2, 0.25) is 6.29 Å². The van der Waals surface area contributed by atoms with Gasteiger partial charge in [0, 0.05) is 11.6 Å². The van der Waals surface area contributed by atoms with Gasteiger partial charge in [0.15, 0.2) is 0 Å². The standard InChI is InChI=1S/C25H38O4/c1-17(8-6-10-20-16-23(27)29-24(20)28)11-14-22(26)19(3)12-13-21-18(2)9-7-15-25(21,4)5/h8,16,22,24,26,28H,3,6-7,9-15H2,1-2,4-5H3/b17-8+/t22-,24-/m1/s1. The monoisotopic (exact) mass is 402 g/mol. The summed E-state index contributed by atoms with van der Waals surface area (Å²) in [6.45, 7) is 13.1. The predicted octanol–water partition coefficient (Wildman–Crippen LogP) is 5.52. The van der Waals surface area contributed by atoms with Crippen molar-refractivity contribution in [3.63, 3.8) is 0 Å². The van der Waals surface area contributed by atoms with Gasteiger partial charge in [-0.25, -0.2) is 4.79 Å². The summed E-state index contributed by atoms with van der Waals surface area (Å²) in [5.74, 6) is -0.475. The highest BCUT2D eigenvalue weighted by atomic mass is 16.6. The molecule has 4 heteroatoms. The molecule has 2 aliphatic rings. The quantitative estimate of drug-likeness (QED) is 0.373.